The number of carbonyl (C=O) groups excluding carboxylic acids is 3. The van der Waals surface area contributed by atoms with Crippen LogP contribution in [0.2, 0.25) is 0 Å². The van der Waals surface area contributed by atoms with E-state index in [1.54, 1.807) is 6.20 Å². The van der Waals surface area contributed by atoms with Crippen molar-refractivity contribution in [2.24, 2.45) is 11.3 Å². The van der Waals surface area contributed by atoms with Gasteiger partial charge in [0.1, 0.15) is 12.1 Å². The maximum atomic E-state index is 13.7. The second-order valence-electron chi connectivity index (χ2n) is 10.3. The molecule has 0 aliphatic carbocycles. The Morgan fingerprint density at radius 2 is 1.88 bits per heavy atom. The lowest BCUT2D eigenvalue weighted by Crippen LogP contribution is -2.47. The molecule has 188 valence electrons. The summed E-state index contributed by atoms with van der Waals surface area (Å²) in [5, 5.41) is 0. The van der Waals surface area contributed by atoms with Crippen LogP contribution in [0.25, 0.3) is 0 Å². The molecule has 0 radical (unpaired) electrons. The maximum Gasteiger partial charge on any atom is 0.328 e. The topological polar surface area (TPSA) is 95.0 Å². The van der Waals surface area contributed by atoms with Gasteiger partial charge in [0.2, 0.25) is 11.8 Å². The van der Waals surface area contributed by atoms with E-state index in [0.717, 1.165) is 44.1 Å². The summed E-state index contributed by atoms with van der Waals surface area (Å²) in [6.07, 6.45) is 7.38. The molecule has 1 saturated heterocycles. The highest BCUT2D eigenvalue weighted by atomic mass is 16.5. The van der Waals surface area contributed by atoms with Crippen LogP contribution in [0.4, 0.5) is 0 Å². The first-order valence-corrected chi connectivity index (χ1v) is 12.3. The molecular weight excluding hydrogens is 436 g/mol. The number of cyclic esters (lactones) is 1. The van der Waals surface area contributed by atoms with Gasteiger partial charge in [-0.05, 0) is 30.7 Å². The molecule has 8 nitrogen and oxygen atoms in total. The van der Waals surface area contributed by atoms with Crippen molar-refractivity contribution in [3.05, 3.63) is 23.9 Å². The Morgan fingerprint density at radius 1 is 1.15 bits per heavy atom. The molecule has 2 bridgehead atoms. The fourth-order valence-corrected chi connectivity index (χ4v) is 4.69. The van der Waals surface area contributed by atoms with Crippen molar-refractivity contribution in [3.8, 4) is 5.88 Å². The summed E-state index contributed by atoms with van der Waals surface area (Å²) in [4.78, 5) is 44.8. The molecular formula is C26H38N2O6. The molecule has 1 amide bonds. The molecule has 0 unspecified atom stereocenters. The van der Waals surface area contributed by atoms with Gasteiger partial charge in [-0.2, -0.15) is 0 Å². The predicted molar refractivity (Wildman–Crippen MR) is 126 cm³/mol. The molecule has 0 saturated carbocycles. The number of carbonyl (C=O) groups is 3. The normalized spacial score (nSPS) is 25.4. The van der Waals surface area contributed by atoms with E-state index in [-0.39, 0.29) is 24.8 Å². The number of pyridine rings is 1. The quantitative estimate of drug-likeness (QED) is 0.573. The number of methoxy groups -OCH3 is 1. The summed E-state index contributed by atoms with van der Waals surface area (Å²) in [5.41, 5.74) is 0.537. The Morgan fingerprint density at radius 3 is 2.62 bits per heavy atom. The summed E-state index contributed by atoms with van der Waals surface area (Å²) in [6.45, 7) is 6.36. The molecule has 3 heterocycles. The van der Waals surface area contributed by atoms with Gasteiger partial charge in [0.05, 0.1) is 32.6 Å². The number of amides is 1. The minimum atomic E-state index is -0.766. The van der Waals surface area contributed by atoms with Crippen LogP contribution in [0.3, 0.4) is 0 Å². The Bertz CT molecular complexity index is 865. The zero-order valence-corrected chi connectivity index (χ0v) is 20.9. The lowest BCUT2D eigenvalue weighted by molar-refractivity contribution is -0.157. The van der Waals surface area contributed by atoms with Crippen LogP contribution in [0.15, 0.2) is 18.3 Å². The molecule has 34 heavy (non-hydrogen) atoms. The number of ether oxygens (including phenoxy) is 3. The highest BCUT2D eigenvalue weighted by Crippen LogP contribution is 2.34. The number of hydrogen-bond acceptors (Lipinski definition) is 7. The maximum absolute atomic E-state index is 13.7. The fourth-order valence-electron chi connectivity index (χ4n) is 4.69. The third-order valence-electron chi connectivity index (χ3n) is 6.72. The van der Waals surface area contributed by atoms with Crippen LogP contribution in [-0.2, 0) is 30.3 Å². The Labute approximate surface area is 202 Å². The smallest absolute Gasteiger partial charge is 0.328 e. The van der Waals surface area contributed by atoms with E-state index in [4.69, 9.17) is 14.2 Å². The molecule has 2 aliphatic rings. The number of fused-ring (bicyclic) bond motifs is 3. The predicted octanol–water partition coefficient (Wildman–Crippen LogP) is 3.71. The standard InChI is InChI=1S/C26H38N2O6/c1-26(2,3)20-16-22(29)33-14-9-7-5-6-8-11-18-12-10-13-27-23(18)34-19-15-21(25(31)32-4)28(17-19)24(20)30/h10,12-13,19-21H,5-9,11,14-17H2,1-4H3/t19-,20-,21+/m1/s1. The molecule has 0 N–H and O–H groups in total. The number of rotatable bonds is 1. The van der Waals surface area contributed by atoms with E-state index < -0.39 is 29.4 Å². The molecule has 0 spiro atoms. The number of esters is 2. The molecule has 1 aromatic rings. The van der Waals surface area contributed by atoms with Gasteiger partial charge in [0, 0.05) is 18.2 Å². The first kappa shape index (κ1) is 26.0. The van der Waals surface area contributed by atoms with Gasteiger partial charge >= 0.3 is 11.9 Å². The molecule has 2 aliphatic heterocycles. The molecule has 3 rings (SSSR count). The Hall–Kier alpha value is -2.64. The van der Waals surface area contributed by atoms with E-state index in [1.165, 1.54) is 12.0 Å². The first-order valence-electron chi connectivity index (χ1n) is 12.3. The average Bonchev–Trinajstić information content (AvgIpc) is 3.21. The summed E-state index contributed by atoms with van der Waals surface area (Å²) in [6, 6.07) is 3.15. The number of aryl methyl sites for hydroxylation is 1. The van der Waals surface area contributed by atoms with Crippen LogP contribution in [0.5, 0.6) is 5.88 Å². The van der Waals surface area contributed by atoms with Gasteiger partial charge in [0.25, 0.3) is 0 Å². The van der Waals surface area contributed by atoms with E-state index in [1.807, 2.05) is 32.9 Å². The van der Waals surface area contributed by atoms with Crippen LogP contribution >= 0.6 is 0 Å². The van der Waals surface area contributed by atoms with Gasteiger partial charge in [-0.25, -0.2) is 9.78 Å². The molecule has 1 aromatic heterocycles. The van der Waals surface area contributed by atoms with Gasteiger partial charge in [0.15, 0.2) is 0 Å². The SMILES string of the molecule is COC(=O)[C@@H]1C[C@@H]2CN1C(=O)[C@H](C(C)(C)C)CC(=O)OCCCCCCCc1cccnc1O2. The number of hydrogen-bond donors (Lipinski definition) is 0. The fraction of sp³-hybridized carbons (Fsp3) is 0.692. The van der Waals surface area contributed by atoms with Crippen molar-refractivity contribution < 1.29 is 28.6 Å². The zero-order chi connectivity index (χ0) is 24.7. The van der Waals surface area contributed by atoms with E-state index in [0.29, 0.717) is 18.9 Å². The Balaban J connectivity index is 1.89. The monoisotopic (exact) mass is 474 g/mol. The van der Waals surface area contributed by atoms with Gasteiger partial charge in [-0.1, -0.05) is 46.1 Å². The first-order chi connectivity index (χ1) is 16.2. The third kappa shape index (κ3) is 6.70. The van der Waals surface area contributed by atoms with Gasteiger partial charge in [-0.3, -0.25) is 9.59 Å². The molecule has 0 aromatic carbocycles. The van der Waals surface area contributed by atoms with E-state index in [2.05, 4.69) is 4.98 Å². The second-order valence-corrected chi connectivity index (χ2v) is 10.3. The van der Waals surface area contributed by atoms with Crippen molar-refractivity contribution in [3.63, 3.8) is 0 Å². The summed E-state index contributed by atoms with van der Waals surface area (Å²) >= 11 is 0. The average molecular weight is 475 g/mol. The minimum Gasteiger partial charge on any atom is -0.472 e. The van der Waals surface area contributed by atoms with Crippen LogP contribution < -0.4 is 4.74 Å². The lowest BCUT2D eigenvalue weighted by atomic mass is 9.77. The highest BCUT2D eigenvalue weighted by molar-refractivity contribution is 5.89. The molecule has 1 fully saturated rings. The van der Waals surface area contributed by atoms with Gasteiger partial charge < -0.3 is 19.1 Å². The number of aromatic nitrogens is 1. The third-order valence-corrected chi connectivity index (χ3v) is 6.72. The largest absolute Gasteiger partial charge is 0.472 e. The molecule has 3 atom stereocenters. The zero-order valence-electron chi connectivity index (χ0n) is 20.9. The van der Waals surface area contributed by atoms with Crippen LogP contribution in [-0.4, -0.2) is 60.1 Å². The summed E-state index contributed by atoms with van der Waals surface area (Å²) in [7, 11) is 1.32. The van der Waals surface area contributed by atoms with Crippen molar-refractivity contribution in [1.29, 1.82) is 0 Å². The van der Waals surface area contributed by atoms with E-state index >= 15 is 0 Å². The van der Waals surface area contributed by atoms with Gasteiger partial charge in [-0.15, -0.1) is 0 Å². The van der Waals surface area contributed by atoms with Crippen molar-refractivity contribution in [2.75, 3.05) is 20.3 Å². The van der Waals surface area contributed by atoms with Crippen molar-refractivity contribution in [1.82, 2.24) is 9.88 Å². The van der Waals surface area contributed by atoms with E-state index in [9.17, 15) is 14.4 Å². The second kappa shape index (κ2) is 11.7. The summed E-state index contributed by atoms with van der Waals surface area (Å²) < 4.78 is 16.7. The Kier molecular flexibility index (Phi) is 8.91. The van der Waals surface area contributed by atoms with Crippen molar-refractivity contribution >= 4 is 17.8 Å². The lowest BCUT2D eigenvalue weighted by Gasteiger charge is -2.34. The highest BCUT2D eigenvalue weighted by Gasteiger charge is 2.46. The minimum absolute atomic E-state index is 0.0252. The molecule has 8 heteroatoms. The summed E-state index contributed by atoms with van der Waals surface area (Å²) in [5.74, 6) is -1.19. The van der Waals surface area contributed by atoms with Crippen LogP contribution in [0, 0.1) is 11.3 Å². The van der Waals surface area contributed by atoms with Crippen molar-refractivity contribution in [2.45, 2.75) is 84.3 Å². The number of nitrogens with zero attached hydrogens (tertiary/aromatic N) is 2. The van der Waals surface area contributed by atoms with Crippen LogP contribution in [0.1, 0.15) is 71.3 Å².